The number of fused-ring (bicyclic) bond motifs is 1. The zero-order chi connectivity index (χ0) is 17.9. The summed E-state index contributed by atoms with van der Waals surface area (Å²) >= 11 is 7.91. The minimum Gasteiger partial charge on any atom is -0.349 e. The number of benzene rings is 1. The molecule has 1 amide bonds. The van der Waals surface area contributed by atoms with Gasteiger partial charge in [-0.25, -0.2) is 0 Å². The molecule has 0 aliphatic heterocycles. The minimum absolute atomic E-state index is 0.0462. The van der Waals surface area contributed by atoms with Gasteiger partial charge in [0, 0.05) is 16.3 Å². The summed E-state index contributed by atoms with van der Waals surface area (Å²) in [4.78, 5) is 12.4. The fourth-order valence-electron chi connectivity index (χ4n) is 3.52. The Hall–Kier alpha value is -2.11. The smallest absolute Gasteiger partial charge is 0.224 e. The van der Waals surface area contributed by atoms with Gasteiger partial charge in [0.05, 0.1) is 25.2 Å². The van der Waals surface area contributed by atoms with E-state index in [1.165, 1.54) is 5.69 Å². The lowest BCUT2D eigenvalue weighted by Gasteiger charge is -2.24. The van der Waals surface area contributed by atoms with Crippen LogP contribution in [-0.4, -0.2) is 15.7 Å². The highest BCUT2D eigenvalue weighted by Gasteiger charge is 2.25. The SMILES string of the molecule is O=C(Cc1ccsc1)N[C@H]1CCCc2c1cnn2Cc1ccccc1Cl. The van der Waals surface area contributed by atoms with Crippen molar-refractivity contribution in [3.05, 3.63) is 74.7 Å². The molecule has 0 bridgehead atoms. The van der Waals surface area contributed by atoms with Crippen molar-refractivity contribution in [1.82, 2.24) is 15.1 Å². The molecule has 0 spiro atoms. The lowest BCUT2D eigenvalue weighted by atomic mass is 9.92. The van der Waals surface area contributed by atoms with Gasteiger partial charge in [0.15, 0.2) is 0 Å². The van der Waals surface area contributed by atoms with Crippen LogP contribution in [-0.2, 0) is 24.2 Å². The highest BCUT2D eigenvalue weighted by Crippen LogP contribution is 2.30. The second-order valence-corrected chi connectivity index (χ2v) is 7.80. The van der Waals surface area contributed by atoms with E-state index >= 15 is 0 Å². The molecule has 0 radical (unpaired) electrons. The summed E-state index contributed by atoms with van der Waals surface area (Å²) < 4.78 is 2.02. The fourth-order valence-corrected chi connectivity index (χ4v) is 4.38. The second kappa shape index (κ2) is 7.64. The van der Waals surface area contributed by atoms with Gasteiger partial charge in [-0.1, -0.05) is 29.8 Å². The van der Waals surface area contributed by atoms with Gasteiger partial charge in [0.2, 0.25) is 5.91 Å². The van der Waals surface area contributed by atoms with Crippen molar-refractivity contribution < 1.29 is 4.79 Å². The summed E-state index contributed by atoms with van der Waals surface area (Å²) in [6.45, 7) is 0.657. The predicted molar refractivity (Wildman–Crippen MR) is 105 cm³/mol. The van der Waals surface area contributed by atoms with Crippen molar-refractivity contribution in [3.63, 3.8) is 0 Å². The van der Waals surface area contributed by atoms with Crippen molar-refractivity contribution in [1.29, 1.82) is 0 Å². The maximum absolute atomic E-state index is 12.4. The first-order valence-electron chi connectivity index (χ1n) is 8.79. The van der Waals surface area contributed by atoms with Crippen LogP contribution in [0.2, 0.25) is 5.02 Å². The zero-order valence-corrected chi connectivity index (χ0v) is 15.9. The van der Waals surface area contributed by atoms with Crippen molar-refractivity contribution in [2.75, 3.05) is 0 Å². The molecule has 26 heavy (non-hydrogen) atoms. The third-order valence-electron chi connectivity index (χ3n) is 4.82. The number of nitrogens with zero attached hydrogens (tertiary/aromatic N) is 2. The number of aromatic nitrogens is 2. The Kier molecular flexibility index (Phi) is 5.09. The third kappa shape index (κ3) is 3.69. The van der Waals surface area contributed by atoms with Crippen molar-refractivity contribution in [2.24, 2.45) is 0 Å². The summed E-state index contributed by atoms with van der Waals surface area (Å²) in [5.74, 6) is 0.0695. The van der Waals surface area contributed by atoms with Crippen molar-refractivity contribution in [2.45, 2.75) is 38.3 Å². The van der Waals surface area contributed by atoms with Gasteiger partial charge >= 0.3 is 0 Å². The van der Waals surface area contributed by atoms with Crippen LogP contribution >= 0.6 is 22.9 Å². The Morgan fingerprint density at radius 1 is 1.35 bits per heavy atom. The van der Waals surface area contributed by atoms with E-state index in [2.05, 4.69) is 10.4 Å². The normalized spacial score (nSPS) is 16.3. The van der Waals surface area contributed by atoms with E-state index in [-0.39, 0.29) is 11.9 Å². The third-order valence-corrected chi connectivity index (χ3v) is 5.92. The topological polar surface area (TPSA) is 46.9 Å². The van der Waals surface area contributed by atoms with E-state index < -0.39 is 0 Å². The summed E-state index contributed by atoms with van der Waals surface area (Å²) in [6.07, 6.45) is 5.32. The van der Waals surface area contributed by atoms with Crippen LogP contribution in [0.25, 0.3) is 0 Å². The van der Waals surface area contributed by atoms with E-state index in [9.17, 15) is 4.79 Å². The summed E-state index contributed by atoms with van der Waals surface area (Å²) in [7, 11) is 0. The van der Waals surface area contributed by atoms with E-state index in [1.54, 1.807) is 11.3 Å². The number of hydrogen-bond donors (Lipinski definition) is 1. The van der Waals surface area contributed by atoms with E-state index in [4.69, 9.17) is 11.6 Å². The van der Waals surface area contributed by atoms with Crippen LogP contribution in [0.1, 0.15) is 41.3 Å². The minimum atomic E-state index is 0.0462. The number of carbonyl (C=O) groups is 1. The predicted octanol–water partition coefficient (Wildman–Crippen LogP) is 4.38. The van der Waals surface area contributed by atoms with E-state index in [0.717, 1.165) is 41.0 Å². The fraction of sp³-hybridized carbons (Fsp3) is 0.300. The van der Waals surface area contributed by atoms with Crippen molar-refractivity contribution >= 4 is 28.8 Å². The highest BCUT2D eigenvalue weighted by atomic mass is 35.5. The number of nitrogens with one attached hydrogen (secondary N) is 1. The van der Waals surface area contributed by atoms with Gasteiger partial charge in [0.1, 0.15) is 0 Å². The molecule has 0 saturated heterocycles. The average Bonchev–Trinajstić information content (AvgIpc) is 3.28. The molecule has 1 aliphatic carbocycles. The quantitative estimate of drug-likeness (QED) is 0.708. The number of hydrogen-bond acceptors (Lipinski definition) is 3. The Morgan fingerprint density at radius 2 is 2.23 bits per heavy atom. The summed E-state index contributed by atoms with van der Waals surface area (Å²) in [5.41, 5.74) is 4.47. The average molecular weight is 386 g/mol. The van der Waals surface area contributed by atoms with Gasteiger partial charge in [-0.05, 0) is 53.3 Å². The molecule has 2 heterocycles. The first kappa shape index (κ1) is 17.3. The molecule has 1 N–H and O–H groups in total. The molecule has 1 aliphatic rings. The molecule has 3 aromatic rings. The molecule has 1 atom stereocenters. The monoisotopic (exact) mass is 385 g/mol. The van der Waals surface area contributed by atoms with Gasteiger partial charge < -0.3 is 5.32 Å². The maximum atomic E-state index is 12.4. The number of rotatable bonds is 5. The first-order chi connectivity index (χ1) is 12.7. The standard InChI is InChI=1S/C20H20ClN3OS/c21-17-5-2-1-4-15(17)12-24-19-7-3-6-18(16(19)11-22-24)23-20(25)10-14-8-9-26-13-14/h1-2,4-5,8-9,11,13,18H,3,6-7,10,12H2,(H,23,25)/t18-/m0/s1. The molecule has 2 aromatic heterocycles. The first-order valence-corrected chi connectivity index (χ1v) is 10.1. The van der Waals surface area contributed by atoms with Crippen LogP contribution in [0, 0.1) is 0 Å². The number of amides is 1. The van der Waals surface area contributed by atoms with Crippen LogP contribution in [0.15, 0.2) is 47.3 Å². The number of halogens is 1. The molecule has 0 saturated carbocycles. The Morgan fingerprint density at radius 3 is 3.04 bits per heavy atom. The molecule has 6 heteroatoms. The van der Waals surface area contributed by atoms with E-state index in [0.29, 0.717) is 13.0 Å². The van der Waals surface area contributed by atoms with Crippen LogP contribution < -0.4 is 5.32 Å². The van der Waals surface area contributed by atoms with Gasteiger partial charge in [0.25, 0.3) is 0 Å². The summed E-state index contributed by atoms with van der Waals surface area (Å²) in [6, 6.07) is 9.90. The number of carbonyl (C=O) groups excluding carboxylic acids is 1. The molecule has 4 nitrogen and oxygen atoms in total. The Balaban J connectivity index is 1.49. The summed E-state index contributed by atoms with van der Waals surface area (Å²) in [5, 5.41) is 12.5. The molecular formula is C20H20ClN3OS. The number of thiophene rings is 1. The van der Waals surface area contributed by atoms with Gasteiger partial charge in [-0.3, -0.25) is 9.48 Å². The lowest BCUT2D eigenvalue weighted by Crippen LogP contribution is -2.32. The molecule has 0 fully saturated rings. The zero-order valence-electron chi connectivity index (χ0n) is 14.3. The molecule has 1 aromatic carbocycles. The molecule has 134 valence electrons. The highest BCUT2D eigenvalue weighted by molar-refractivity contribution is 7.08. The van der Waals surface area contributed by atoms with E-state index in [1.807, 2.05) is 52.0 Å². The molecule has 4 rings (SSSR count). The van der Waals surface area contributed by atoms with Crippen LogP contribution in [0.4, 0.5) is 0 Å². The van der Waals surface area contributed by atoms with Gasteiger partial charge in [-0.2, -0.15) is 16.4 Å². The second-order valence-electron chi connectivity index (χ2n) is 6.62. The Labute approximate surface area is 161 Å². The van der Waals surface area contributed by atoms with Crippen molar-refractivity contribution in [3.8, 4) is 0 Å². The van der Waals surface area contributed by atoms with Crippen LogP contribution in [0.3, 0.4) is 0 Å². The molecular weight excluding hydrogens is 366 g/mol. The lowest BCUT2D eigenvalue weighted by molar-refractivity contribution is -0.121. The Bertz CT molecular complexity index is 904. The largest absolute Gasteiger partial charge is 0.349 e. The van der Waals surface area contributed by atoms with Crippen LogP contribution in [0.5, 0.6) is 0 Å². The maximum Gasteiger partial charge on any atom is 0.224 e. The van der Waals surface area contributed by atoms with Gasteiger partial charge in [-0.15, -0.1) is 0 Å². The molecule has 0 unspecified atom stereocenters.